The van der Waals surface area contributed by atoms with Crippen LogP contribution in [0.1, 0.15) is 35.5 Å². The Hall–Kier alpha value is -3.89. The van der Waals surface area contributed by atoms with Gasteiger partial charge >= 0.3 is 0 Å². The van der Waals surface area contributed by atoms with Crippen molar-refractivity contribution in [1.82, 2.24) is 10.3 Å². The zero-order chi connectivity index (χ0) is 26.5. The number of amides is 1. The number of aromatic nitrogens is 1. The van der Waals surface area contributed by atoms with E-state index in [9.17, 15) is 28.6 Å². The van der Waals surface area contributed by atoms with Crippen LogP contribution in [-0.2, 0) is 15.1 Å². The number of aldehydes is 1. The summed E-state index contributed by atoms with van der Waals surface area (Å²) in [7, 11) is 1.30. The van der Waals surface area contributed by atoms with Gasteiger partial charge in [-0.15, -0.1) is 0 Å². The summed E-state index contributed by atoms with van der Waals surface area (Å²) in [6.45, 7) is 2.24. The van der Waals surface area contributed by atoms with Gasteiger partial charge in [0.05, 0.1) is 19.8 Å². The zero-order valence-electron chi connectivity index (χ0n) is 19.9. The highest BCUT2D eigenvalue weighted by molar-refractivity contribution is 5.97. The van der Waals surface area contributed by atoms with E-state index < -0.39 is 47.1 Å². The number of rotatable bonds is 10. The van der Waals surface area contributed by atoms with Crippen molar-refractivity contribution in [2.75, 3.05) is 13.7 Å². The number of hydrogen-bond acceptors (Lipinski definition) is 7. The second-order valence-electron chi connectivity index (χ2n) is 8.38. The highest BCUT2D eigenvalue weighted by Gasteiger charge is 2.43. The summed E-state index contributed by atoms with van der Waals surface area (Å²) < 4.78 is 40.3. The van der Waals surface area contributed by atoms with Crippen molar-refractivity contribution >= 4 is 12.2 Å². The number of nitrogens with zero attached hydrogens (tertiary/aromatic N) is 1. The van der Waals surface area contributed by atoms with Crippen LogP contribution >= 0.6 is 0 Å². The fraction of sp³-hybridized carbons (Fsp3) is 0.269. The van der Waals surface area contributed by atoms with Gasteiger partial charge in [-0.25, -0.2) is 13.8 Å². The van der Waals surface area contributed by atoms with E-state index in [1.54, 1.807) is 0 Å². The van der Waals surface area contributed by atoms with Gasteiger partial charge in [0.25, 0.3) is 5.91 Å². The van der Waals surface area contributed by atoms with Crippen LogP contribution in [-0.4, -0.2) is 52.7 Å². The predicted octanol–water partition coefficient (Wildman–Crippen LogP) is 3.10. The van der Waals surface area contributed by atoms with E-state index in [0.29, 0.717) is 6.29 Å². The monoisotopic (exact) mass is 500 g/mol. The number of carbonyl (C=O) groups excluding carboxylic acids is 2. The molecule has 3 N–H and O–H groups in total. The Balaban J connectivity index is 1.89. The molecule has 0 aliphatic heterocycles. The van der Waals surface area contributed by atoms with Gasteiger partial charge in [0, 0.05) is 23.4 Å². The van der Waals surface area contributed by atoms with Crippen LogP contribution in [0.2, 0.25) is 0 Å². The number of pyridine rings is 1. The molecule has 0 unspecified atom stereocenters. The Kier molecular flexibility index (Phi) is 8.01. The first kappa shape index (κ1) is 26.7. The van der Waals surface area contributed by atoms with Crippen LogP contribution < -0.4 is 10.1 Å². The average molecular weight is 500 g/mol. The number of benzene rings is 2. The molecule has 0 aliphatic carbocycles. The number of nitrogens with one attached hydrogen (secondary N) is 1. The van der Waals surface area contributed by atoms with E-state index in [0.717, 1.165) is 12.1 Å². The first-order valence-corrected chi connectivity index (χ1v) is 10.9. The maximum atomic E-state index is 14.8. The standard InChI is InChI=1S/C26H26F2N2O6/c1-16(26(34,17-8-4-6-10-19(17)27)18-9-5-7-11-20(18)28)36-15-25(2,14-31)30-24(33)22-23(32)21(35-3)12-13-29-22/h4-14,16,32,34H,15H2,1-3H3,(H,30,33)/t16-,25-/m0/s1. The summed E-state index contributed by atoms with van der Waals surface area (Å²) in [5.41, 5.74) is -4.79. The van der Waals surface area contributed by atoms with Crippen LogP contribution in [0.5, 0.6) is 11.5 Å². The van der Waals surface area contributed by atoms with Crippen LogP contribution in [0.4, 0.5) is 8.78 Å². The predicted molar refractivity (Wildman–Crippen MR) is 126 cm³/mol. The Morgan fingerprint density at radius 3 is 2.17 bits per heavy atom. The second-order valence-corrected chi connectivity index (χ2v) is 8.38. The molecule has 0 bridgehead atoms. The quantitative estimate of drug-likeness (QED) is 0.366. The number of aliphatic hydroxyl groups is 1. The van der Waals surface area contributed by atoms with E-state index in [-0.39, 0.29) is 22.6 Å². The molecule has 2 aromatic carbocycles. The normalized spacial score (nSPS) is 13.9. The SMILES string of the molecule is COc1ccnc(C(=O)N[C@@](C)(C=O)CO[C@@H](C)C(O)(c2ccccc2F)c2ccccc2F)c1O. The van der Waals surface area contributed by atoms with E-state index in [1.165, 1.54) is 69.6 Å². The van der Waals surface area contributed by atoms with Gasteiger partial charge < -0.3 is 29.8 Å². The minimum atomic E-state index is -2.28. The molecule has 0 aliphatic rings. The minimum absolute atomic E-state index is 0.00710. The summed E-state index contributed by atoms with van der Waals surface area (Å²) in [5.74, 6) is -2.98. The Labute approximate surface area is 206 Å². The molecule has 1 heterocycles. The number of hydrogen-bond donors (Lipinski definition) is 3. The molecular formula is C26H26F2N2O6. The number of halogens is 2. The molecule has 3 rings (SSSR count). The Bertz CT molecular complexity index is 1210. The number of ether oxygens (including phenoxy) is 2. The summed E-state index contributed by atoms with van der Waals surface area (Å²) in [5, 5.41) is 24.3. The fourth-order valence-electron chi connectivity index (χ4n) is 3.73. The van der Waals surface area contributed by atoms with Gasteiger partial charge in [0.2, 0.25) is 0 Å². The van der Waals surface area contributed by atoms with Gasteiger partial charge in [0.15, 0.2) is 17.2 Å². The largest absolute Gasteiger partial charge is 0.503 e. The van der Waals surface area contributed by atoms with Crippen LogP contribution in [0.15, 0.2) is 60.8 Å². The smallest absolute Gasteiger partial charge is 0.274 e. The zero-order valence-corrected chi connectivity index (χ0v) is 19.9. The molecule has 36 heavy (non-hydrogen) atoms. The molecule has 0 fully saturated rings. The molecule has 1 aromatic heterocycles. The molecule has 1 amide bonds. The van der Waals surface area contributed by atoms with Gasteiger partial charge in [0.1, 0.15) is 29.1 Å². The molecule has 3 aromatic rings. The lowest BCUT2D eigenvalue weighted by atomic mass is 9.81. The summed E-state index contributed by atoms with van der Waals surface area (Å²) >= 11 is 0. The third-order valence-corrected chi connectivity index (χ3v) is 5.77. The minimum Gasteiger partial charge on any atom is -0.503 e. The van der Waals surface area contributed by atoms with Gasteiger partial charge in [-0.2, -0.15) is 0 Å². The van der Waals surface area contributed by atoms with Crippen molar-refractivity contribution in [3.8, 4) is 11.5 Å². The molecule has 0 saturated carbocycles. The second kappa shape index (κ2) is 10.8. The molecular weight excluding hydrogens is 474 g/mol. The van der Waals surface area contributed by atoms with Gasteiger partial charge in [-0.05, 0) is 26.0 Å². The fourth-order valence-corrected chi connectivity index (χ4v) is 3.73. The maximum Gasteiger partial charge on any atom is 0.274 e. The molecule has 0 spiro atoms. The number of carbonyl (C=O) groups is 2. The first-order valence-electron chi connectivity index (χ1n) is 10.9. The van der Waals surface area contributed by atoms with E-state index in [2.05, 4.69) is 10.3 Å². The molecule has 2 atom stereocenters. The van der Waals surface area contributed by atoms with Crippen LogP contribution in [0, 0.1) is 11.6 Å². The lowest BCUT2D eigenvalue weighted by Gasteiger charge is -2.37. The average Bonchev–Trinajstić information content (AvgIpc) is 2.87. The maximum absolute atomic E-state index is 14.8. The Morgan fingerprint density at radius 1 is 1.11 bits per heavy atom. The van der Waals surface area contributed by atoms with E-state index >= 15 is 0 Å². The summed E-state index contributed by atoms with van der Waals surface area (Å²) in [6, 6.07) is 12.0. The lowest BCUT2D eigenvalue weighted by Crippen LogP contribution is -2.53. The summed E-state index contributed by atoms with van der Waals surface area (Å²) in [4.78, 5) is 28.5. The van der Waals surface area contributed by atoms with E-state index in [4.69, 9.17) is 9.47 Å². The lowest BCUT2D eigenvalue weighted by molar-refractivity contribution is -0.122. The number of methoxy groups -OCH3 is 1. The highest BCUT2D eigenvalue weighted by atomic mass is 19.1. The molecule has 0 saturated heterocycles. The van der Waals surface area contributed by atoms with Crippen molar-refractivity contribution in [3.05, 3.63) is 89.2 Å². The van der Waals surface area contributed by atoms with Crippen molar-refractivity contribution in [1.29, 1.82) is 0 Å². The molecule has 0 radical (unpaired) electrons. The van der Waals surface area contributed by atoms with Crippen molar-refractivity contribution in [2.45, 2.75) is 31.1 Å². The van der Waals surface area contributed by atoms with Gasteiger partial charge in [-0.3, -0.25) is 4.79 Å². The Morgan fingerprint density at radius 2 is 1.67 bits per heavy atom. The van der Waals surface area contributed by atoms with E-state index in [1.807, 2.05) is 0 Å². The topological polar surface area (TPSA) is 118 Å². The number of aromatic hydroxyl groups is 1. The molecule has 8 nitrogen and oxygen atoms in total. The van der Waals surface area contributed by atoms with Crippen molar-refractivity contribution in [2.24, 2.45) is 0 Å². The summed E-state index contributed by atoms with van der Waals surface area (Å²) in [6.07, 6.45) is 0.360. The molecule has 10 heteroatoms. The third kappa shape index (κ3) is 5.19. The van der Waals surface area contributed by atoms with Gasteiger partial charge in [-0.1, -0.05) is 36.4 Å². The molecule has 190 valence electrons. The first-order chi connectivity index (χ1) is 17.1. The highest BCUT2D eigenvalue weighted by Crippen LogP contribution is 2.37. The van der Waals surface area contributed by atoms with Crippen LogP contribution in [0.3, 0.4) is 0 Å². The van der Waals surface area contributed by atoms with Crippen molar-refractivity contribution in [3.63, 3.8) is 0 Å². The van der Waals surface area contributed by atoms with Crippen molar-refractivity contribution < 1.29 is 38.1 Å². The van der Waals surface area contributed by atoms with Crippen LogP contribution in [0.25, 0.3) is 0 Å². The third-order valence-electron chi connectivity index (χ3n) is 5.77.